The molecule has 7 nitrogen and oxygen atoms in total. The Hall–Kier alpha value is -3.22. The summed E-state index contributed by atoms with van der Waals surface area (Å²) in [5.41, 5.74) is 2.08. The Morgan fingerprint density at radius 2 is 1.63 bits per heavy atom. The van der Waals surface area contributed by atoms with Crippen LogP contribution < -0.4 is 20.1 Å². The van der Waals surface area contributed by atoms with E-state index in [1.165, 1.54) is 12.8 Å². The summed E-state index contributed by atoms with van der Waals surface area (Å²) in [6.45, 7) is 1.92. The van der Waals surface area contributed by atoms with Gasteiger partial charge in [-0.25, -0.2) is 4.79 Å². The third-order valence-corrected chi connectivity index (χ3v) is 5.21. The van der Waals surface area contributed by atoms with Gasteiger partial charge in [0.15, 0.2) is 11.5 Å². The lowest BCUT2D eigenvalue weighted by Gasteiger charge is -2.20. The Labute approximate surface area is 177 Å². The fraction of sp³-hybridized carbons (Fsp3) is 0.391. The molecule has 1 aliphatic rings. The molecule has 0 saturated carbocycles. The van der Waals surface area contributed by atoms with Crippen LogP contribution in [0, 0.1) is 0 Å². The number of methoxy groups -OCH3 is 2. The Kier molecular flexibility index (Phi) is 7.54. The van der Waals surface area contributed by atoms with Gasteiger partial charge >= 0.3 is 6.03 Å². The number of hydrogen-bond acceptors (Lipinski definition) is 4. The van der Waals surface area contributed by atoms with Crippen molar-refractivity contribution in [3.05, 3.63) is 53.6 Å². The molecule has 0 bridgehead atoms. The van der Waals surface area contributed by atoms with Crippen molar-refractivity contribution in [3.63, 3.8) is 0 Å². The lowest BCUT2D eigenvalue weighted by atomic mass is 10.1. The van der Waals surface area contributed by atoms with E-state index in [0.29, 0.717) is 22.7 Å². The van der Waals surface area contributed by atoms with Gasteiger partial charge < -0.3 is 25.0 Å². The molecule has 1 heterocycles. The van der Waals surface area contributed by atoms with Crippen molar-refractivity contribution in [1.82, 2.24) is 10.2 Å². The number of carbonyl (C=O) groups is 2. The highest BCUT2D eigenvalue weighted by Crippen LogP contribution is 2.30. The third kappa shape index (κ3) is 5.43. The zero-order chi connectivity index (χ0) is 21.3. The summed E-state index contributed by atoms with van der Waals surface area (Å²) in [4.78, 5) is 26.9. The van der Waals surface area contributed by atoms with E-state index in [1.807, 2.05) is 17.0 Å². The minimum absolute atomic E-state index is 0.0537. The van der Waals surface area contributed by atoms with E-state index in [-0.39, 0.29) is 18.5 Å². The number of nitrogens with one attached hydrogen (secondary N) is 2. The molecule has 2 aromatic rings. The number of benzene rings is 2. The van der Waals surface area contributed by atoms with Crippen LogP contribution in [-0.4, -0.2) is 44.1 Å². The molecule has 0 unspecified atom stereocenters. The fourth-order valence-electron chi connectivity index (χ4n) is 3.60. The smallest absolute Gasteiger partial charge is 0.319 e. The number of hydrogen-bond donors (Lipinski definition) is 2. The van der Waals surface area contributed by atoms with Gasteiger partial charge in [0, 0.05) is 36.4 Å². The van der Waals surface area contributed by atoms with Crippen molar-refractivity contribution in [2.24, 2.45) is 0 Å². The molecule has 1 aliphatic heterocycles. The number of anilines is 1. The van der Waals surface area contributed by atoms with Gasteiger partial charge in [-0.3, -0.25) is 4.79 Å². The van der Waals surface area contributed by atoms with Crippen molar-refractivity contribution in [2.45, 2.75) is 32.2 Å². The number of ether oxygens (including phenoxy) is 2. The van der Waals surface area contributed by atoms with E-state index < -0.39 is 0 Å². The highest BCUT2D eigenvalue weighted by atomic mass is 16.5. The Morgan fingerprint density at radius 3 is 2.27 bits per heavy atom. The highest BCUT2D eigenvalue weighted by Gasteiger charge is 2.17. The summed E-state index contributed by atoms with van der Waals surface area (Å²) in [7, 11) is 3.14. The third-order valence-electron chi connectivity index (χ3n) is 5.21. The van der Waals surface area contributed by atoms with Crippen LogP contribution in [0.4, 0.5) is 10.5 Å². The standard InChI is InChI=1S/C23H29N3O4/c1-29-20-9-7-8-18(21(20)30-2)16-24-23(28)25-19-12-10-17(11-13-19)22(27)26-14-5-3-4-6-15-26/h7-13H,3-6,14-16H2,1-2H3,(H2,24,25,28). The summed E-state index contributed by atoms with van der Waals surface area (Å²) < 4.78 is 10.7. The van der Waals surface area contributed by atoms with Crippen molar-refractivity contribution >= 4 is 17.6 Å². The van der Waals surface area contributed by atoms with Crippen LogP contribution in [0.5, 0.6) is 11.5 Å². The number of likely N-dealkylation sites (tertiary alicyclic amines) is 1. The molecular formula is C23H29N3O4. The first kappa shape index (κ1) is 21.5. The van der Waals surface area contributed by atoms with Crippen LogP contribution in [0.1, 0.15) is 41.6 Å². The molecule has 160 valence electrons. The van der Waals surface area contributed by atoms with Gasteiger partial charge in [-0.05, 0) is 43.2 Å². The average molecular weight is 412 g/mol. The fourth-order valence-corrected chi connectivity index (χ4v) is 3.60. The molecule has 3 rings (SSSR count). The number of nitrogens with zero attached hydrogens (tertiary/aromatic N) is 1. The van der Waals surface area contributed by atoms with Crippen LogP contribution in [0.15, 0.2) is 42.5 Å². The van der Waals surface area contributed by atoms with E-state index in [2.05, 4.69) is 10.6 Å². The lowest BCUT2D eigenvalue weighted by Crippen LogP contribution is -2.31. The maximum absolute atomic E-state index is 12.7. The maximum atomic E-state index is 12.7. The zero-order valence-corrected chi connectivity index (χ0v) is 17.6. The Balaban J connectivity index is 1.55. The molecule has 7 heteroatoms. The largest absolute Gasteiger partial charge is 0.493 e. The van der Waals surface area contributed by atoms with Crippen LogP contribution >= 0.6 is 0 Å². The molecule has 2 aromatic carbocycles. The van der Waals surface area contributed by atoms with Gasteiger partial charge in [0.1, 0.15) is 0 Å². The molecule has 1 saturated heterocycles. The summed E-state index contributed by atoms with van der Waals surface area (Å²) in [5, 5.41) is 5.60. The molecule has 0 aromatic heterocycles. The summed E-state index contributed by atoms with van der Waals surface area (Å²) in [6, 6.07) is 12.2. The molecule has 0 atom stereocenters. The quantitative estimate of drug-likeness (QED) is 0.752. The molecule has 0 spiro atoms. The van der Waals surface area contributed by atoms with Crippen molar-refractivity contribution in [2.75, 3.05) is 32.6 Å². The van der Waals surface area contributed by atoms with E-state index in [4.69, 9.17) is 9.47 Å². The minimum atomic E-state index is -0.341. The zero-order valence-electron chi connectivity index (χ0n) is 17.6. The van der Waals surface area contributed by atoms with Gasteiger partial charge in [0.2, 0.25) is 0 Å². The second-order valence-corrected chi connectivity index (χ2v) is 7.24. The van der Waals surface area contributed by atoms with E-state index in [9.17, 15) is 9.59 Å². The molecule has 2 N–H and O–H groups in total. The second kappa shape index (κ2) is 10.5. The summed E-state index contributed by atoms with van der Waals surface area (Å²) in [5.74, 6) is 1.26. The van der Waals surface area contributed by atoms with Gasteiger partial charge in [-0.15, -0.1) is 0 Å². The summed E-state index contributed by atoms with van der Waals surface area (Å²) in [6.07, 6.45) is 4.49. The van der Waals surface area contributed by atoms with Crippen molar-refractivity contribution in [3.8, 4) is 11.5 Å². The Bertz CT molecular complexity index is 859. The van der Waals surface area contributed by atoms with E-state index in [1.54, 1.807) is 44.6 Å². The average Bonchev–Trinajstić information content (AvgIpc) is 3.07. The van der Waals surface area contributed by atoms with Gasteiger partial charge in [-0.1, -0.05) is 25.0 Å². The number of para-hydroxylation sites is 1. The molecule has 30 heavy (non-hydrogen) atoms. The topological polar surface area (TPSA) is 79.9 Å². The Morgan fingerprint density at radius 1 is 0.933 bits per heavy atom. The first-order valence-electron chi connectivity index (χ1n) is 10.3. The molecule has 0 aliphatic carbocycles. The lowest BCUT2D eigenvalue weighted by molar-refractivity contribution is 0.0761. The first-order chi connectivity index (χ1) is 14.6. The SMILES string of the molecule is COc1cccc(CNC(=O)Nc2ccc(C(=O)N3CCCCCC3)cc2)c1OC. The van der Waals surface area contributed by atoms with E-state index >= 15 is 0 Å². The van der Waals surface area contributed by atoms with Gasteiger partial charge in [0.05, 0.1) is 14.2 Å². The second-order valence-electron chi connectivity index (χ2n) is 7.24. The normalized spacial score (nSPS) is 13.9. The molecule has 0 radical (unpaired) electrons. The minimum Gasteiger partial charge on any atom is -0.493 e. The van der Waals surface area contributed by atoms with E-state index in [0.717, 1.165) is 31.5 Å². The van der Waals surface area contributed by atoms with Crippen LogP contribution in [0.3, 0.4) is 0 Å². The monoisotopic (exact) mass is 411 g/mol. The number of carbonyl (C=O) groups excluding carboxylic acids is 2. The van der Waals surface area contributed by atoms with Crippen molar-refractivity contribution in [1.29, 1.82) is 0 Å². The van der Waals surface area contributed by atoms with Crippen molar-refractivity contribution < 1.29 is 19.1 Å². The first-order valence-corrected chi connectivity index (χ1v) is 10.3. The maximum Gasteiger partial charge on any atom is 0.319 e. The number of urea groups is 1. The number of rotatable bonds is 6. The number of amides is 3. The van der Waals surface area contributed by atoms with Gasteiger partial charge in [-0.2, -0.15) is 0 Å². The molecule has 3 amide bonds. The van der Waals surface area contributed by atoms with Gasteiger partial charge in [0.25, 0.3) is 5.91 Å². The van der Waals surface area contributed by atoms with Crippen LogP contribution in [0.2, 0.25) is 0 Å². The predicted molar refractivity (Wildman–Crippen MR) is 116 cm³/mol. The predicted octanol–water partition coefficient (Wildman–Crippen LogP) is 4.04. The van der Waals surface area contributed by atoms with Crippen LogP contribution in [0.25, 0.3) is 0 Å². The molecular weight excluding hydrogens is 382 g/mol. The highest BCUT2D eigenvalue weighted by molar-refractivity contribution is 5.95. The summed E-state index contributed by atoms with van der Waals surface area (Å²) >= 11 is 0. The molecule has 1 fully saturated rings. The van der Waals surface area contributed by atoms with Crippen LogP contribution in [-0.2, 0) is 6.54 Å².